The fourth-order valence-corrected chi connectivity index (χ4v) is 1.42. The van der Waals surface area contributed by atoms with Crippen molar-refractivity contribution in [1.29, 1.82) is 0 Å². The van der Waals surface area contributed by atoms with Crippen molar-refractivity contribution in [3.05, 3.63) is 29.8 Å². The van der Waals surface area contributed by atoms with Gasteiger partial charge in [0.2, 0.25) is 5.91 Å². The van der Waals surface area contributed by atoms with Gasteiger partial charge in [0.05, 0.1) is 13.5 Å². The third kappa shape index (κ3) is 4.41. The van der Waals surface area contributed by atoms with Crippen molar-refractivity contribution in [3.63, 3.8) is 0 Å². The van der Waals surface area contributed by atoms with E-state index in [1.54, 1.807) is 24.3 Å². The van der Waals surface area contributed by atoms with Gasteiger partial charge in [-0.25, -0.2) is 0 Å². The minimum Gasteiger partial charge on any atom is -0.497 e. The Balaban J connectivity index is 2.51. The zero-order valence-corrected chi connectivity index (χ0v) is 11.1. The van der Waals surface area contributed by atoms with Gasteiger partial charge >= 0.3 is 6.18 Å². The Hall–Kier alpha value is -1.76. The van der Waals surface area contributed by atoms with E-state index in [2.05, 4.69) is 5.32 Å². The average Bonchev–Trinajstić information content (AvgIpc) is 2.35. The predicted octanol–water partition coefficient (Wildman–Crippen LogP) is 2.01. The lowest BCUT2D eigenvalue weighted by Crippen LogP contribution is -2.46. The van der Waals surface area contributed by atoms with Crippen molar-refractivity contribution in [2.45, 2.75) is 31.7 Å². The standard InChI is InChI=1S/C13H16F3NO3/c1-12(19,13(14,15)16)7-11(18)17-8-9-3-5-10(20-2)6-4-9/h3-6,19H,7-8H2,1-2H3,(H,17,18)/t12-/m0/s1. The first-order valence-corrected chi connectivity index (χ1v) is 5.84. The van der Waals surface area contributed by atoms with Crippen LogP contribution in [-0.2, 0) is 11.3 Å². The molecule has 0 fully saturated rings. The highest BCUT2D eigenvalue weighted by atomic mass is 19.4. The number of halogens is 3. The van der Waals surface area contributed by atoms with Crippen LogP contribution in [0, 0.1) is 0 Å². The van der Waals surface area contributed by atoms with Crippen LogP contribution in [0.2, 0.25) is 0 Å². The quantitative estimate of drug-likeness (QED) is 0.872. The number of methoxy groups -OCH3 is 1. The molecule has 1 atom stereocenters. The highest BCUT2D eigenvalue weighted by Gasteiger charge is 2.50. The summed E-state index contributed by atoms with van der Waals surface area (Å²) in [7, 11) is 1.51. The van der Waals surface area contributed by atoms with Gasteiger partial charge in [0.15, 0.2) is 5.60 Å². The number of benzene rings is 1. The number of amides is 1. The summed E-state index contributed by atoms with van der Waals surface area (Å²) in [5.74, 6) is -0.233. The van der Waals surface area contributed by atoms with Crippen molar-refractivity contribution >= 4 is 5.91 Å². The molecule has 0 bridgehead atoms. The Morgan fingerprint density at radius 2 is 1.85 bits per heavy atom. The number of hydrogen-bond donors (Lipinski definition) is 2. The second-order valence-corrected chi connectivity index (χ2v) is 4.57. The van der Waals surface area contributed by atoms with Gasteiger partial charge in [0.25, 0.3) is 0 Å². The van der Waals surface area contributed by atoms with Gasteiger partial charge < -0.3 is 15.2 Å². The number of carbonyl (C=O) groups is 1. The third-order valence-corrected chi connectivity index (χ3v) is 2.76. The summed E-state index contributed by atoms with van der Waals surface area (Å²) in [4.78, 5) is 11.4. The van der Waals surface area contributed by atoms with Crippen LogP contribution in [0.5, 0.6) is 5.75 Å². The molecule has 0 saturated carbocycles. The molecular formula is C13H16F3NO3. The largest absolute Gasteiger partial charge is 0.497 e. The molecule has 20 heavy (non-hydrogen) atoms. The maximum atomic E-state index is 12.4. The summed E-state index contributed by atoms with van der Waals surface area (Å²) in [5.41, 5.74) is -2.32. The smallest absolute Gasteiger partial charge is 0.417 e. The molecular weight excluding hydrogens is 275 g/mol. The van der Waals surface area contributed by atoms with Gasteiger partial charge in [-0.15, -0.1) is 0 Å². The molecule has 112 valence electrons. The van der Waals surface area contributed by atoms with Gasteiger partial charge in [-0.3, -0.25) is 4.79 Å². The molecule has 0 aliphatic heterocycles. The van der Waals surface area contributed by atoms with Crippen LogP contribution >= 0.6 is 0 Å². The zero-order chi connectivity index (χ0) is 15.4. The minimum absolute atomic E-state index is 0.0801. The van der Waals surface area contributed by atoms with Crippen LogP contribution in [0.3, 0.4) is 0 Å². The van der Waals surface area contributed by atoms with Crippen molar-refractivity contribution in [1.82, 2.24) is 5.32 Å². The Morgan fingerprint density at radius 3 is 2.30 bits per heavy atom. The molecule has 0 heterocycles. The lowest BCUT2D eigenvalue weighted by molar-refractivity contribution is -0.253. The van der Waals surface area contributed by atoms with Crippen LogP contribution in [0.1, 0.15) is 18.9 Å². The number of rotatable bonds is 5. The molecule has 0 unspecified atom stereocenters. The van der Waals surface area contributed by atoms with Gasteiger partial charge in [0.1, 0.15) is 5.75 Å². The van der Waals surface area contributed by atoms with E-state index in [4.69, 9.17) is 4.74 Å². The molecule has 0 aliphatic carbocycles. The van der Waals surface area contributed by atoms with Gasteiger partial charge in [0, 0.05) is 6.54 Å². The zero-order valence-electron chi connectivity index (χ0n) is 11.1. The Morgan fingerprint density at radius 1 is 1.30 bits per heavy atom. The molecule has 1 rings (SSSR count). The van der Waals surface area contributed by atoms with Crippen molar-refractivity contribution in [2.24, 2.45) is 0 Å². The van der Waals surface area contributed by atoms with Gasteiger partial charge in [-0.05, 0) is 24.6 Å². The minimum atomic E-state index is -4.84. The highest BCUT2D eigenvalue weighted by Crippen LogP contribution is 2.32. The van der Waals surface area contributed by atoms with E-state index in [-0.39, 0.29) is 6.54 Å². The maximum Gasteiger partial charge on any atom is 0.417 e. The van der Waals surface area contributed by atoms with Gasteiger partial charge in [-0.1, -0.05) is 12.1 Å². The Kier molecular flexibility index (Phi) is 4.99. The number of nitrogens with one attached hydrogen (secondary N) is 1. The van der Waals surface area contributed by atoms with E-state index >= 15 is 0 Å². The van der Waals surface area contributed by atoms with Crippen LogP contribution in [-0.4, -0.2) is 29.9 Å². The molecule has 0 radical (unpaired) electrons. The van der Waals surface area contributed by atoms with E-state index in [9.17, 15) is 23.1 Å². The molecule has 7 heteroatoms. The molecule has 1 amide bonds. The SMILES string of the molecule is COc1ccc(CNC(=O)C[C@](C)(O)C(F)(F)F)cc1. The van der Waals surface area contributed by atoms with E-state index in [0.29, 0.717) is 18.2 Å². The summed E-state index contributed by atoms with van der Waals surface area (Å²) < 4.78 is 42.1. The first-order valence-electron chi connectivity index (χ1n) is 5.84. The molecule has 1 aromatic carbocycles. The predicted molar refractivity (Wildman–Crippen MR) is 66.1 cm³/mol. The first kappa shape index (κ1) is 16.3. The van der Waals surface area contributed by atoms with Crippen molar-refractivity contribution in [3.8, 4) is 5.75 Å². The number of carbonyl (C=O) groups excluding carboxylic acids is 1. The third-order valence-electron chi connectivity index (χ3n) is 2.76. The van der Waals surface area contributed by atoms with Crippen molar-refractivity contribution in [2.75, 3.05) is 7.11 Å². The average molecular weight is 291 g/mol. The van der Waals surface area contributed by atoms with Crippen LogP contribution in [0.25, 0.3) is 0 Å². The number of alkyl halides is 3. The molecule has 1 aromatic rings. The lowest BCUT2D eigenvalue weighted by Gasteiger charge is -2.25. The van der Waals surface area contributed by atoms with Crippen LogP contribution in [0.4, 0.5) is 13.2 Å². The fraction of sp³-hybridized carbons (Fsp3) is 0.462. The molecule has 0 spiro atoms. The number of aliphatic hydroxyl groups is 1. The summed E-state index contributed by atoms with van der Waals surface area (Å²) >= 11 is 0. The fourth-order valence-electron chi connectivity index (χ4n) is 1.42. The van der Waals surface area contributed by atoms with Crippen molar-refractivity contribution < 1.29 is 27.8 Å². The topological polar surface area (TPSA) is 58.6 Å². The molecule has 0 aliphatic rings. The van der Waals surface area contributed by atoms with E-state index in [0.717, 1.165) is 0 Å². The summed E-state index contributed by atoms with van der Waals surface area (Å²) in [6.07, 6.45) is -5.88. The van der Waals surface area contributed by atoms with E-state index < -0.39 is 24.1 Å². The lowest BCUT2D eigenvalue weighted by atomic mass is 10.0. The van der Waals surface area contributed by atoms with Crippen LogP contribution in [0.15, 0.2) is 24.3 Å². The van der Waals surface area contributed by atoms with E-state index in [1.165, 1.54) is 7.11 Å². The highest BCUT2D eigenvalue weighted by molar-refractivity contribution is 5.77. The summed E-state index contributed by atoms with van der Waals surface area (Å²) in [6, 6.07) is 6.71. The summed E-state index contributed by atoms with van der Waals surface area (Å²) in [5, 5.41) is 11.5. The maximum absolute atomic E-state index is 12.4. The number of ether oxygens (including phenoxy) is 1. The summed E-state index contributed by atoms with van der Waals surface area (Å²) in [6.45, 7) is 0.650. The van der Waals surface area contributed by atoms with Gasteiger partial charge in [-0.2, -0.15) is 13.2 Å². The Bertz CT molecular complexity index is 455. The second kappa shape index (κ2) is 6.13. The normalized spacial score (nSPS) is 14.5. The monoisotopic (exact) mass is 291 g/mol. The molecule has 2 N–H and O–H groups in total. The Labute approximate surface area is 114 Å². The molecule has 0 aromatic heterocycles. The van der Waals surface area contributed by atoms with E-state index in [1.807, 2.05) is 0 Å². The first-order chi connectivity index (χ1) is 9.15. The molecule has 0 saturated heterocycles. The number of hydrogen-bond acceptors (Lipinski definition) is 3. The second-order valence-electron chi connectivity index (χ2n) is 4.57. The molecule has 4 nitrogen and oxygen atoms in total. The van der Waals surface area contributed by atoms with Crippen LogP contribution < -0.4 is 10.1 Å².